The summed E-state index contributed by atoms with van der Waals surface area (Å²) in [5.74, 6) is -0.743. The van der Waals surface area contributed by atoms with Crippen LogP contribution in [0.25, 0.3) is 0 Å². The van der Waals surface area contributed by atoms with Gasteiger partial charge in [-0.15, -0.1) is 0 Å². The van der Waals surface area contributed by atoms with Crippen LogP contribution in [0, 0.1) is 11.3 Å². The number of nitrogens with one attached hydrogen (secondary N) is 1. The van der Waals surface area contributed by atoms with Gasteiger partial charge in [0.2, 0.25) is 0 Å². The number of hydrogen-bond acceptors (Lipinski definition) is 2. The monoisotopic (exact) mass is 213 g/mol. The van der Waals surface area contributed by atoms with Crippen molar-refractivity contribution in [3.05, 3.63) is 0 Å². The van der Waals surface area contributed by atoms with E-state index in [-0.39, 0.29) is 5.92 Å². The SMILES string of the molecule is CC(C)(C)CCN[C@@H]1CC[C@H](C(=O)O)C1. The van der Waals surface area contributed by atoms with E-state index in [1.165, 1.54) is 0 Å². The van der Waals surface area contributed by atoms with Gasteiger partial charge in [-0.3, -0.25) is 4.79 Å². The van der Waals surface area contributed by atoms with Crippen LogP contribution in [0.1, 0.15) is 46.5 Å². The molecule has 0 spiro atoms. The second-order valence-electron chi connectivity index (χ2n) is 5.81. The summed E-state index contributed by atoms with van der Waals surface area (Å²) in [6.45, 7) is 7.68. The van der Waals surface area contributed by atoms with Crippen LogP contribution in [0.4, 0.5) is 0 Å². The summed E-state index contributed by atoms with van der Waals surface area (Å²) in [5.41, 5.74) is 0.359. The summed E-state index contributed by atoms with van der Waals surface area (Å²) in [6, 6.07) is 0.424. The number of aliphatic carboxylic acids is 1. The van der Waals surface area contributed by atoms with E-state index in [0.717, 1.165) is 32.2 Å². The van der Waals surface area contributed by atoms with E-state index in [4.69, 9.17) is 5.11 Å². The zero-order chi connectivity index (χ0) is 11.5. The molecule has 0 aliphatic heterocycles. The molecule has 0 bridgehead atoms. The Labute approximate surface area is 92.3 Å². The summed E-state index contributed by atoms with van der Waals surface area (Å²) < 4.78 is 0. The Balaban J connectivity index is 2.17. The molecule has 2 atom stereocenters. The Morgan fingerprint density at radius 3 is 2.53 bits per heavy atom. The third-order valence-corrected chi connectivity index (χ3v) is 3.09. The van der Waals surface area contributed by atoms with Crippen LogP contribution in [-0.4, -0.2) is 23.7 Å². The lowest BCUT2D eigenvalue weighted by Gasteiger charge is -2.20. The minimum atomic E-state index is -0.630. The molecule has 0 saturated heterocycles. The van der Waals surface area contributed by atoms with Crippen LogP contribution >= 0.6 is 0 Å². The lowest BCUT2D eigenvalue weighted by Crippen LogP contribution is -2.30. The predicted octanol–water partition coefficient (Wildman–Crippen LogP) is 2.27. The van der Waals surface area contributed by atoms with Crippen molar-refractivity contribution in [1.29, 1.82) is 0 Å². The molecule has 0 heterocycles. The highest BCUT2D eigenvalue weighted by atomic mass is 16.4. The van der Waals surface area contributed by atoms with E-state index in [9.17, 15) is 4.79 Å². The van der Waals surface area contributed by atoms with Gasteiger partial charge in [-0.2, -0.15) is 0 Å². The first-order valence-electron chi connectivity index (χ1n) is 5.85. The molecular weight excluding hydrogens is 190 g/mol. The maximum atomic E-state index is 10.8. The highest BCUT2D eigenvalue weighted by Gasteiger charge is 2.29. The summed E-state index contributed by atoms with van der Waals surface area (Å²) in [7, 11) is 0. The van der Waals surface area contributed by atoms with Gasteiger partial charge in [-0.25, -0.2) is 0 Å². The third kappa shape index (κ3) is 4.65. The zero-order valence-electron chi connectivity index (χ0n) is 10.0. The molecule has 1 aliphatic rings. The molecule has 0 radical (unpaired) electrons. The average molecular weight is 213 g/mol. The van der Waals surface area contributed by atoms with Gasteiger partial charge < -0.3 is 10.4 Å². The van der Waals surface area contributed by atoms with Gasteiger partial charge in [0, 0.05) is 6.04 Å². The van der Waals surface area contributed by atoms with E-state index in [0.29, 0.717) is 11.5 Å². The van der Waals surface area contributed by atoms with Crippen LogP contribution in [0.5, 0.6) is 0 Å². The van der Waals surface area contributed by atoms with Crippen molar-refractivity contribution in [2.24, 2.45) is 11.3 Å². The Kier molecular flexibility index (Phi) is 4.14. The van der Waals surface area contributed by atoms with E-state index in [2.05, 4.69) is 26.1 Å². The maximum absolute atomic E-state index is 10.8. The van der Waals surface area contributed by atoms with Gasteiger partial charge in [0.1, 0.15) is 0 Å². The average Bonchev–Trinajstić information content (AvgIpc) is 2.50. The summed E-state index contributed by atoms with van der Waals surface area (Å²) in [6.07, 6.45) is 3.80. The Hall–Kier alpha value is -0.570. The fourth-order valence-corrected chi connectivity index (χ4v) is 2.04. The lowest BCUT2D eigenvalue weighted by atomic mass is 9.92. The van der Waals surface area contributed by atoms with Gasteiger partial charge in [0.15, 0.2) is 0 Å². The zero-order valence-corrected chi connectivity index (χ0v) is 10.0. The number of hydrogen-bond donors (Lipinski definition) is 2. The van der Waals surface area contributed by atoms with Gasteiger partial charge in [0.05, 0.1) is 5.92 Å². The molecule has 3 nitrogen and oxygen atoms in total. The van der Waals surface area contributed by atoms with Crippen molar-refractivity contribution in [1.82, 2.24) is 5.32 Å². The minimum absolute atomic E-state index is 0.114. The first-order chi connectivity index (χ1) is 6.88. The van der Waals surface area contributed by atoms with Crippen molar-refractivity contribution in [2.75, 3.05) is 6.54 Å². The molecule has 0 aromatic heterocycles. The molecule has 88 valence electrons. The fraction of sp³-hybridized carbons (Fsp3) is 0.917. The second kappa shape index (κ2) is 4.97. The van der Waals surface area contributed by atoms with Crippen molar-refractivity contribution >= 4 is 5.97 Å². The summed E-state index contributed by atoms with van der Waals surface area (Å²) in [5, 5.41) is 12.3. The van der Waals surface area contributed by atoms with Crippen LogP contribution in [0.15, 0.2) is 0 Å². The second-order valence-corrected chi connectivity index (χ2v) is 5.81. The Morgan fingerprint density at radius 2 is 2.07 bits per heavy atom. The Morgan fingerprint density at radius 1 is 1.40 bits per heavy atom. The smallest absolute Gasteiger partial charge is 0.306 e. The number of carboxylic acids is 1. The highest BCUT2D eigenvalue weighted by Crippen LogP contribution is 2.26. The van der Waals surface area contributed by atoms with E-state index in [1.807, 2.05) is 0 Å². The fourth-order valence-electron chi connectivity index (χ4n) is 2.04. The predicted molar refractivity (Wildman–Crippen MR) is 60.8 cm³/mol. The van der Waals surface area contributed by atoms with Gasteiger partial charge in [0.25, 0.3) is 0 Å². The molecule has 15 heavy (non-hydrogen) atoms. The summed E-state index contributed by atoms with van der Waals surface area (Å²) in [4.78, 5) is 10.8. The van der Waals surface area contributed by atoms with Crippen LogP contribution in [0.3, 0.4) is 0 Å². The van der Waals surface area contributed by atoms with E-state index < -0.39 is 5.97 Å². The van der Waals surface area contributed by atoms with Crippen molar-refractivity contribution in [3.63, 3.8) is 0 Å². The van der Waals surface area contributed by atoms with Crippen LogP contribution in [0.2, 0.25) is 0 Å². The Bertz CT molecular complexity index is 220. The first-order valence-corrected chi connectivity index (χ1v) is 5.85. The van der Waals surface area contributed by atoms with Crippen molar-refractivity contribution in [3.8, 4) is 0 Å². The molecule has 1 fully saturated rings. The number of rotatable bonds is 4. The molecule has 0 aromatic carbocycles. The molecule has 1 aliphatic carbocycles. The summed E-state index contributed by atoms with van der Waals surface area (Å²) >= 11 is 0. The number of carboxylic acid groups (broad SMARTS) is 1. The van der Waals surface area contributed by atoms with E-state index >= 15 is 0 Å². The van der Waals surface area contributed by atoms with Gasteiger partial charge >= 0.3 is 5.97 Å². The van der Waals surface area contributed by atoms with Crippen molar-refractivity contribution < 1.29 is 9.90 Å². The quantitative estimate of drug-likeness (QED) is 0.753. The van der Waals surface area contributed by atoms with Crippen LogP contribution in [-0.2, 0) is 4.79 Å². The number of carbonyl (C=O) groups is 1. The van der Waals surface area contributed by atoms with Crippen LogP contribution < -0.4 is 5.32 Å². The largest absolute Gasteiger partial charge is 0.481 e. The topological polar surface area (TPSA) is 49.3 Å². The van der Waals surface area contributed by atoms with Crippen molar-refractivity contribution in [2.45, 2.75) is 52.5 Å². The third-order valence-electron chi connectivity index (χ3n) is 3.09. The molecule has 1 saturated carbocycles. The highest BCUT2D eigenvalue weighted by molar-refractivity contribution is 5.70. The minimum Gasteiger partial charge on any atom is -0.481 e. The standard InChI is InChI=1S/C12H23NO2/c1-12(2,3)6-7-13-10-5-4-9(8-10)11(14)15/h9-10,13H,4-8H2,1-3H3,(H,14,15)/t9-,10+/m0/s1. The molecule has 1 rings (SSSR count). The first kappa shape index (κ1) is 12.5. The molecule has 0 unspecified atom stereocenters. The molecule has 0 amide bonds. The molecule has 3 heteroatoms. The normalized spacial score (nSPS) is 26.9. The molecular formula is C12H23NO2. The molecule has 0 aromatic rings. The maximum Gasteiger partial charge on any atom is 0.306 e. The lowest BCUT2D eigenvalue weighted by molar-refractivity contribution is -0.141. The van der Waals surface area contributed by atoms with E-state index in [1.54, 1.807) is 0 Å². The molecule has 2 N–H and O–H groups in total. The van der Waals surface area contributed by atoms with Gasteiger partial charge in [-0.05, 0) is 37.6 Å². The van der Waals surface area contributed by atoms with Gasteiger partial charge in [-0.1, -0.05) is 20.8 Å².